The van der Waals surface area contributed by atoms with Gasteiger partial charge in [-0.2, -0.15) is 0 Å². The smallest absolute Gasteiger partial charge is 0.167 e. The number of rotatable bonds is 0. The number of anilines is 1. The summed E-state index contributed by atoms with van der Waals surface area (Å²) >= 11 is 0. The fraction of sp³-hybridized carbons (Fsp3) is 0.462. The molecule has 3 nitrogen and oxygen atoms in total. The Hall–Kier alpha value is -1.51. The van der Waals surface area contributed by atoms with Crippen molar-refractivity contribution in [3.8, 4) is 0 Å². The van der Waals surface area contributed by atoms with E-state index in [1.807, 2.05) is 13.0 Å². The lowest BCUT2D eigenvalue weighted by Gasteiger charge is -2.32. The predicted octanol–water partition coefficient (Wildman–Crippen LogP) is 3.13. The van der Waals surface area contributed by atoms with Gasteiger partial charge in [-0.3, -0.25) is 0 Å². The highest BCUT2D eigenvalue weighted by Gasteiger charge is 2.27. The first-order valence-electron chi connectivity index (χ1n) is 5.69. The number of hydrogen-bond acceptors (Lipinski definition) is 3. The first-order valence-corrected chi connectivity index (χ1v) is 5.69. The Labute approximate surface area is 94.8 Å². The molecule has 2 aromatic rings. The third-order valence-corrected chi connectivity index (χ3v) is 3.33. The number of benzene rings is 1. The first kappa shape index (κ1) is 9.70. The molecular formula is C13H16N2O. The fourth-order valence-corrected chi connectivity index (χ4v) is 2.49. The average Bonchev–Trinajstić information content (AvgIpc) is 2.59. The van der Waals surface area contributed by atoms with Gasteiger partial charge in [-0.05, 0) is 36.5 Å². The quantitative estimate of drug-likeness (QED) is 0.735. The fourth-order valence-electron chi connectivity index (χ4n) is 2.49. The van der Waals surface area contributed by atoms with Crippen LogP contribution in [0.2, 0.25) is 0 Å². The molecule has 84 valence electrons. The van der Waals surface area contributed by atoms with Crippen molar-refractivity contribution in [2.45, 2.75) is 27.2 Å². The van der Waals surface area contributed by atoms with Gasteiger partial charge in [-0.15, -0.1) is 0 Å². The number of nitrogens with one attached hydrogen (secondary N) is 1. The van der Waals surface area contributed by atoms with Crippen molar-refractivity contribution in [2.24, 2.45) is 5.41 Å². The van der Waals surface area contributed by atoms with E-state index in [0.717, 1.165) is 24.2 Å². The molecule has 0 atom stereocenters. The van der Waals surface area contributed by atoms with E-state index < -0.39 is 0 Å². The summed E-state index contributed by atoms with van der Waals surface area (Å²) in [4.78, 5) is 0. The molecule has 2 heterocycles. The molecule has 0 amide bonds. The number of nitrogens with zero attached hydrogens (tertiary/aromatic N) is 1. The van der Waals surface area contributed by atoms with E-state index >= 15 is 0 Å². The van der Waals surface area contributed by atoms with Gasteiger partial charge in [0.1, 0.15) is 0 Å². The van der Waals surface area contributed by atoms with E-state index in [9.17, 15) is 0 Å². The molecule has 0 radical (unpaired) electrons. The van der Waals surface area contributed by atoms with Crippen molar-refractivity contribution in [3.63, 3.8) is 0 Å². The highest BCUT2D eigenvalue weighted by atomic mass is 16.5. The summed E-state index contributed by atoms with van der Waals surface area (Å²) in [6.45, 7) is 7.60. The molecule has 0 unspecified atom stereocenters. The lowest BCUT2D eigenvalue weighted by molar-refractivity contribution is 0.380. The van der Waals surface area contributed by atoms with E-state index in [-0.39, 0.29) is 0 Å². The number of aromatic nitrogens is 1. The SMILES string of the molecule is Cc1noc2ccc3c(c12)CC(C)(C)CN3. The van der Waals surface area contributed by atoms with Crippen LogP contribution in [0.1, 0.15) is 25.1 Å². The Bertz CT molecular complexity index is 554. The van der Waals surface area contributed by atoms with Gasteiger partial charge in [-0.1, -0.05) is 19.0 Å². The lowest BCUT2D eigenvalue weighted by Crippen LogP contribution is -2.30. The normalized spacial score (nSPS) is 18.2. The summed E-state index contributed by atoms with van der Waals surface area (Å²) in [7, 11) is 0. The summed E-state index contributed by atoms with van der Waals surface area (Å²) in [5.74, 6) is 0. The second-order valence-electron chi connectivity index (χ2n) is 5.43. The molecule has 1 aliphatic rings. The Morgan fingerprint density at radius 1 is 1.38 bits per heavy atom. The van der Waals surface area contributed by atoms with Gasteiger partial charge in [0, 0.05) is 17.6 Å². The van der Waals surface area contributed by atoms with Crippen molar-refractivity contribution in [3.05, 3.63) is 23.4 Å². The summed E-state index contributed by atoms with van der Waals surface area (Å²) < 4.78 is 5.31. The molecule has 3 rings (SSSR count). The lowest BCUT2D eigenvalue weighted by atomic mass is 9.81. The zero-order valence-corrected chi connectivity index (χ0v) is 9.92. The summed E-state index contributed by atoms with van der Waals surface area (Å²) in [5, 5.41) is 8.73. The molecule has 0 bridgehead atoms. The van der Waals surface area contributed by atoms with E-state index in [0.29, 0.717) is 5.41 Å². The van der Waals surface area contributed by atoms with Crippen LogP contribution in [-0.2, 0) is 6.42 Å². The van der Waals surface area contributed by atoms with E-state index in [4.69, 9.17) is 4.52 Å². The molecule has 1 aliphatic heterocycles. The highest BCUT2D eigenvalue weighted by molar-refractivity contribution is 5.88. The molecule has 16 heavy (non-hydrogen) atoms. The number of hydrogen-bond donors (Lipinski definition) is 1. The first-order chi connectivity index (χ1) is 7.57. The minimum absolute atomic E-state index is 0.297. The number of fused-ring (bicyclic) bond motifs is 3. The van der Waals surface area contributed by atoms with Gasteiger partial charge >= 0.3 is 0 Å². The second-order valence-corrected chi connectivity index (χ2v) is 5.43. The third kappa shape index (κ3) is 1.31. The van der Waals surface area contributed by atoms with E-state index in [2.05, 4.69) is 30.4 Å². The van der Waals surface area contributed by atoms with Gasteiger partial charge in [0.2, 0.25) is 0 Å². The van der Waals surface area contributed by atoms with Gasteiger partial charge in [-0.25, -0.2) is 0 Å². The monoisotopic (exact) mass is 216 g/mol. The predicted molar refractivity (Wildman–Crippen MR) is 64.7 cm³/mol. The summed E-state index contributed by atoms with van der Waals surface area (Å²) in [5.41, 5.74) is 4.78. The Morgan fingerprint density at radius 3 is 3.00 bits per heavy atom. The van der Waals surface area contributed by atoms with Crippen molar-refractivity contribution in [1.29, 1.82) is 0 Å². The molecule has 0 aliphatic carbocycles. The maximum Gasteiger partial charge on any atom is 0.167 e. The van der Waals surface area contributed by atoms with Crippen LogP contribution >= 0.6 is 0 Å². The van der Waals surface area contributed by atoms with Crippen LogP contribution in [0.5, 0.6) is 0 Å². The molecular weight excluding hydrogens is 200 g/mol. The van der Waals surface area contributed by atoms with Gasteiger partial charge in [0.25, 0.3) is 0 Å². The number of aryl methyl sites for hydroxylation is 1. The van der Waals surface area contributed by atoms with Crippen LogP contribution in [0.3, 0.4) is 0 Å². The maximum absolute atomic E-state index is 5.31. The van der Waals surface area contributed by atoms with Crippen molar-refractivity contribution in [1.82, 2.24) is 5.16 Å². The van der Waals surface area contributed by atoms with Gasteiger partial charge in [0.05, 0.1) is 5.69 Å². The highest BCUT2D eigenvalue weighted by Crippen LogP contribution is 2.37. The molecule has 1 aromatic carbocycles. The van der Waals surface area contributed by atoms with Crippen LogP contribution in [0.15, 0.2) is 16.7 Å². The van der Waals surface area contributed by atoms with Crippen molar-refractivity contribution < 1.29 is 4.52 Å². The second kappa shape index (κ2) is 3.00. The maximum atomic E-state index is 5.31. The zero-order valence-electron chi connectivity index (χ0n) is 9.92. The van der Waals surface area contributed by atoms with Gasteiger partial charge < -0.3 is 9.84 Å². The molecule has 0 saturated heterocycles. The molecule has 0 saturated carbocycles. The molecule has 1 aromatic heterocycles. The van der Waals surface area contributed by atoms with E-state index in [1.165, 1.54) is 16.6 Å². The topological polar surface area (TPSA) is 38.1 Å². The summed E-state index contributed by atoms with van der Waals surface area (Å²) in [6.07, 6.45) is 1.08. The average molecular weight is 216 g/mol. The van der Waals surface area contributed by atoms with Gasteiger partial charge in [0.15, 0.2) is 5.58 Å². The van der Waals surface area contributed by atoms with E-state index in [1.54, 1.807) is 0 Å². The minimum Gasteiger partial charge on any atom is -0.384 e. The molecule has 0 fully saturated rings. The van der Waals surface area contributed by atoms with Crippen molar-refractivity contribution in [2.75, 3.05) is 11.9 Å². The zero-order chi connectivity index (χ0) is 11.3. The van der Waals surface area contributed by atoms with Crippen LogP contribution in [-0.4, -0.2) is 11.7 Å². The minimum atomic E-state index is 0.297. The Kier molecular flexibility index (Phi) is 1.82. The third-order valence-electron chi connectivity index (χ3n) is 3.33. The van der Waals surface area contributed by atoms with Crippen molar-refractivity contribution >= 4 is 16.7 Å². The Balaban J connectivity index is 2.28. The molecule has 0 spiro atoms. The Morgan fingerprint density at radius 2 is 2.19 bits per heavy atom. The summed E-state index contributed by atoms with van der Waals surface area (Å²) in [6, 6.07) is 4.09. The standard InChI is InChI=1S/C13H16N2O/c1-8-12-9-6-13(2,3)7-14-10(9)4-5-11(12)16-15-8/h4-5,14H,6-7H2,1-3H3. The van der Waals surface area contributed by atoms with Crippen LogP contribution in [0.25, 0.3) is 11.0 Å². The molecule has 3 heteroatoms. The van der Waals surface area contributed by atoms with Crippen LogP contribution in [0, 0.1) is 12.3 Å². The largest absolute Gasteiger partial charge is 0.384 e. The van der Waals surface area contributed by atoms with Crippen LogP contribution in [0.4, 0.5) is 5.69 Å². The molecule has 1 N–H and O–H groups in total. The van der Waals surface area contributed by atoms with Crippen LogP contribution < -0.4 is 5.32 Å².